The smallest absolute Gasteiger partial charge is 0.305 e. The molecule has 402 valence electrons. The molecule has 2 aromatic heterocycles. The molecule has 0 spiro atoms. The topological polar surface area (TPSA) is 227 Å². The molecule has 3 atom stereocenters. The molecule has 2 aliphatic rings. The number of carbonyl (C=O) groups is 5. The van der Waals surface area contributed by atoms with Crippen molar-refractivity contribution in [1.29, 1.82) is 0 Å². The molecule has 5 N–H and O–H groups in total. The molecule has 17 nitrogen and oxygen atoms in total. The van der Waals surface area contributed by atoms with Crippen molar-refractivity contribution in [3.05, 3.63) is 143 Å². The minimum Gasteiger partial charge on any atom is -0.494 e. The van der Waals surface area contributed by atoms with Gasteiger partial charge in [0.2, 0.25) is 11.8 Å². The molecule has 0 aliphatic carbocycles. The maximum absolute atomic E-state index is 14.7. The monoisotopic (exact) mass is 1050 g/mol. The van der Waals surface area contributed by atoms with Crippen molar-refractivity contribution in [3.63, 3.8) is 0 Å². The van der Waals surface area contributed by atoms with Crippen molar-refractivity contribution in [3.8, 4) is 40.0 Å². The zero-order valence-electron chi connectivity index (χ0n) is 43.3. The molecule has 6 aromatic rings. The number of carboxylic acid groups (broad SMARTS) is 1. The largest absolute Gasteiger partial charge is 0.494 e. The molecular weight excluding hydrogens is 986 g/mol. The van der Waals surface area contributed by atoms with Crippen LogP contribution >= 0.6 is 0 Å². The number of imide groups is 1. The minimum atomic E-state index is -1.24. The van der Waals surface area contributed by atoms with Gasteiger partial charge in [0.05, 0.1) is 42.2 Å². The second-order valence-corrected chi connectivity index (χ2v) is 19.6. The number of aliphatic hydroxyl groups excluding tert-OH is 2. The first-order valence-electron chi connectivity index (χ1n) is 26.2. The number of aromatic nitrogens is 4. The molecule has 0 bridgehead atoms. The molecule has 1 fully saturated rings. The average molecular weight is 1050 g/mol. The number of nitrogens with zero attached hydrogens (tertiary/aromatic N) is 5. The van der Waals surface area contributed by atoms with Gasteiger partial charge in [0.25, 0.3) is 11.8 Å². The van der Waals surface area contributed by atoms with E-state index in [1.54, 1.807) is 36.4 Å². The van der Waals surface area contributed by atoms with Crippen LogP contribution < -0.4 is 15.4 Å². The van der Waals surface area contributed by atoms with E-state index in [1.165, 1.54) is 17.0 Å². The first kappa shape index (κ1) is 55.3. The number of ether oxygens (including phenoxy) is 2. The number of benzene rings is 4. The fraction of sp³-hybridized carbons (Fsp3) is 0.373. The molecule has 77 heavy (non-hydrogen) atoms. The summed E-state index contributed by atoms with van der Waals surface area (Å²) in [6.45, 7) is 6.24. The number of piperidine rings is 1. The summed E-state index contributed by atoms with van der Waals surface area (Å²) in [5.41, 5.74) is 7.03. The van der Waals surface area contributed by atoms with Gasteiger partial charge in [-0.2, -0.15) is 0 Å². The SMILES string of the molecule is CC(C)c1c(C(=O)Nc2ccccc2)c(-c2cccc(OCCCc3cn(CCCCCOCC#Cc4cccc5c4CN(C4CCC(=O)NC4=O)C5=O)nn3)c2)c(-c2ccc(F)cc2)n1CCC(O)CC(O)CC(=O)O. The van der Waals surface area contributed by atoms with Crippen molar-refractivity contribution in [2.24, 2.45) is 0 Å². The third-order valence-electron chi connectivity index (χ3n) is 13.6. The highest BCUT2D eigenvalue weighted by atomic mass is 19.1. The van der Waals surface area contributed by atoms with E-state index in [9.17, 15) is 43.7 Å². The molecule has 0 saturated carbocycles. The summed E-state index contributed by atoms with van der Waals surface area (Å²) in [7, 11) is 0. The van der Waals surface area contributed by atoms with Crippen LogP contribution in [0.4, 0.5) is 10.1 Å². The van der Waals surface area contributed by atoms with Crippen molar-refractivity contribution >= 4 is 35.3 Å². The van der Waals surface area contributed by atoms with Crippen LogP contribution in [0.2, 0.25) is 0 Å². The number of hydrogen-bond donors (Lipinski definition) is 5. The van der Waals surface area contributed by atoms with Crippen molar-refractivity contribution < 1.29 is 53.2 Å². The van der Waals surface area contributed by atoms with E-state index >= 15 is 0 Å². The number of carboxylic acids is 1. The Balaban J connectivity index is 0.855. The summed E-state index contributed by atoms with van der Waals surface area (Å²) in [6, 6.07) is 27.3. The number of rotatable bonds is 25. The summed E-state index contributed by atoms with van der Waals surface area (Å²) in [5, 5.41) is 44.7. The quantitative estimate of drug-likeness (QED) is 0.0209. The predicted molar refractivity (Wildman–Crippen MR) is 285 cm³/mol. The third kappa shape index (κ3) is 14.3. The first-order valence-corrected chi connectivity index (χ1v) is 26.2. The van der Waals surface area contributed by atoms with Crippen LogP contribution in [-0.2, 0) is 45.2 Å². The molecule has 4 amide bonds. The Hall–Kier alpha value is -7.98. The summed E-state index contributed by atoms with van der Waals surface area (Å²) in [4.78, 5) is 64.6. The zero-order chi connectivity index (χ0) is 54.4. The van der Waals surface area contributed by atoms with Gasteiger partial charge >= 0.3 is 5.97 Å². The molecule has 2 aliphatic heterocycles. The Morgan fingerprint density at radius 1 is 0.896 bits per heavy atom. The van der Waals surface area contributed by atoms with Gasteiger partial charge in [-0.15, -0.1) is 5.10 Å². The van der Waals surface area contributed by atoms with E-state index < -0.39 is 42.4 Å². The van der Waals surface area contributed by atoms with Crippen LogP contribution in [0.3, 0.4) is 0 Å². The van der Waals surface area contributed by atoms with Crippen molar-refractivity contribution in [2.45, 2.75) is 122 Å². The van der Waals surface area contributed by atoms with Gasteiger partial charge in [-0.3, -0.25) is 34.0 Å². The number of unbranched alkanes of at least 4 members (excludes halogenated alkanes) is 2. The summed E-state index contributed by atoms with van der Waals surface area (Å²) < 4.78 is 30.4. The molecule has 3 unspecified atom stereocenters. The van der Waals surface area contributed by atoms with Crippen LogP contribution in [0.25, 0.3) is 22.4 Å². The van der Waals surface area contributed by atoms with E-state index in [4.69, 9.17) is 9.47 Å². The Bertz CT molecular complexity index is 3130. The van der Waals surface area contributed by atoms with Crippen LogP contribution in [0.15, 0.2) is 103 Å². The third-order valence-corrected chi connectivity index (χ3v) is 13.6. The molecular formula is C59H64FN7O10. The van der Waals surface area contributed by atoms with E-state index in [-0.39, 0.29) is 62.6 Å². The molecule has 18 heteroatoms. The standard InChI is InChI=1S/C59H64FN7O10/c1-38(2)55-54(58(74)61-43-16-5-3-6-17-43)53(56(40-21-23-42(60)24-22-40)66(55)29-27-45(68)34-46(69)35-52(71)72)41-14-9-19-47(33-41)77-32-12-18-44-36-65(64-63-44)28-7-4-8-30-76-31-11-15-39-13-10-20-48-49(39)37-67(59(48)75)50-25-26-51(70)62-57(50)73/h3,5-6,9-10,13-14,16-17,19-24,33,36,38,45-46,50,68-69H,4,7-8,12,18,25-32,34-35,37H2,1-2H3,(H,61,74)(H,71,72)(H,62,70,73). The number of para-hydroxylation sites is 1. The summed E-state index contributed by atoms with van der Waals surface area (Å²) in [6.07, 6.45) is 3.54. The van der Waals surface area contributed by atoms with Crippen molar-refractivity contribution in [2.75, 3.05) is 25.1 Å². The van der Waals surface area contributed by atoms with Gasteiger partial charge < -0.3 is 39.6 Å². The number of aliphatic carboxylic acids is 1. The van der Waals surface area contributed by atoms with Crippen LogP contribution in [0, 0.1) is 17.7 Å². The normalized spacial score (nSPS) is 15.0. The van der Waals surface area contributed by atoms with E-state index in [0.29, 0.717) is 95.2 Å². The Morgan fingerprint density at radius 2 is 1.69 bits per heavy atom. The Kier molecular flexibility index (Phi) is 18.8. The highest BCUT2D eigenvalue weighted by Crippen LogP contribution is 2.44. The van der Waals surface area contributed by atoms with Gasteiger partial charge in [-0.25, -0.2) is 4.39 Å². The number of carbonyl (C=O) groups excluding carboxylic acids is 4. The van der Waals surface area contributed by atoms with E-state index in [0.717, 1.165) is 30.5 Å². The van der Waals surface area contributed by atoms with Gasteiger partial charge in [-0.05, 0) is 135 Å². The fourth-order valence-corrected chi connectivity index (χ4v) is 9.96. The average Bonchev–Trinajstić information content (AvgIpc) is 4.18. The van der Waals surface area contributed by atoms with E-state index in [1.807, 2.05) is 77.8 Å². The summed E-state index contributed by atoms with van der Waals surface area (Å²) in [5.74, 6) is 3.56. The number of amides is 4. The van der Waals surface area contributed by atoms with E-state index in [2.05, 4.69) is 32.8 Å². The van der Waals surface area contributed by atoms with Crippen molar-refractivity contribution in [1.82, 2.24) is 29.8 Å². The Morgan fingerprint density at radius 3 is 2.45 bits per heavy atom. The zero-order valence-corrected chi connectivity index (χ0v) is 43.3. The number of aliphatic hydroxyl groups is 2. The number of nitrogens with one attached hydrogen (secondary N) is 2. The summed E-state index contributed by atoms with van der Waals surface area (Å²) >= 11 is 0. The maximum Gasteiger partial charge on any atom is 0.305 e. The minimum absolute atomic E-state index is 0.132. The lowest BCUT2D eigenvalue weighted by atomic mass is 9.94. The lowest BCUT2D eigenvalue weighted by Crippen LogP contribution is -2.52. The molecule has 4 aromatic carbocycles. The van der Waals surface area contributed by atoms with Crippen LogP contribution in [0.5, 0.6) is 5.75 Å². The first-order chi connectivity index (χ1) is 37.2. The molecule has 4 heterocycles. The van der Waals surface area contributed by atoms with Gasteiger partial charge in [0.1, 0.15) is 24.2 Å². The number of aryl methyl sites for hydroxylation is 2. The van der Waals surface area contributed by atoms with Crippen LogP contribution in [0.1, 0.15) is 121 Å². The van der Waals surface area contributed by atoms with Gasteiger partial charge in [0, 0.05) is 66.9 Å². The fourth-order valence-electron chi connectivity index (χ4n) is 9.96. The molecule has 8 rings (SSSR count). The predicted octanol–water partition coefficient (Wildman–Crippen LogP) is 7.92. The number of fused-ring (bicyclic) bond motifs is 1. The van der Waals surface area contributed by atoms with Gasteiger partial charge in [-0.1, -0.05) is 67.3 Å². The lowest BCUT2D eigenvalue weighted by molar-refractivity contribution is -0.140. The number of hydrogen-bond acceptors (Lipinski definition) is 11. The number of halogens is 1. The maximum atomic E-state index is 14.7. The molecule has 0 radical (unpaired) electrons. The highest BCUT2D eigenvalue weighted by Gasteiger charge is 2.40. The second-order valence-electron chi connectivity index (χ2n) is 19.6. The van der Waals surface area contributed by atoms with Gasteiger partial charge in [0.15, 0.2) is 0 Å². The Labute approximate surface area is 446 Å². The second kappa shape index (κ2) is 26.2. The highest BCUT2D eigenvalue weighted by molar-refractivity contribution is 6.12. The lowest BCUT2D eigenvalue weighted by Gasteiger charge is -2.29. The number of anilines is 1. The molecule has 1 saturated heterocycles. The van der Waals surface area contributed by atoms with Crippen LogP contribution in [-0.4, -0.2) is 107 Å².